The minimum Gasteiger partial charge on any atom is -0.348 e. The fourth-order valence-corrected chi connectivity index (χ4v) is 2.66. The Morgan fingerprint density at radius 1 is 1.07 bits per heavy atom. The summed E-state index contributed by atoms with van der Waals surface area (Å²) in [5, 5.41) is 6.58. The van der Waals surface area contributed by atoms with Crippen LogP contribution >= 0.6 is 0 Å². The van der Waals surface area contributed by atoms with E-state index in [-0.39, 0.29) is 18.2 Å². The van der Waals surface area contributed by atoms with Crippen molar-refractivity contribution in [2.24, 2.45) is 0 Å². The second kappa shape index (κ2) is 7.99. The maximum atomic E-state index is 14.1. The van der Waals surface area contributed by atoms with E-state index in [0.29, 0.717) is 5.69 Å². The van der Waals surface area contributed by atoms with Crippen molar-refractivity contribution in [1.29, 1.82) is 0 Å². The van der Waals surface area contributed by atoms with Gasteiger partial charge < -0.3 is 5.32 Å². The number of hydrogen-bond donors (Lipinski definition) is 1. The lowest BCUT2D eigenvalue weighted by atomic mass is 10.2. The molecule has 1 N–H and O–H groups in total. The van der Waals surface area contributed by atoms with E-state index < -0.39 is 28.7 Å². The third-order valence-electron chi connectivity index (χ3n) is 3.98. The molecule has 0 aliphatic rings. The molecule has 1 amide bonds. The van der Waals surface area contributed by atoms with E-state index in [1.165, 1.54) is 18.2 Å². The normalized spacial score (nSPS) is 10.9. The van der Waals surface area contributed by atoms with Crippen LogP contribution in [0, 0.1) is 5.82 Å². The van der Waals surface area contributed by atoms with Crippen molar-refractivity contribution >= 4 is 5.91 Å². The van der Waals surface area contributed by atoms with Crippen molar-refractivity contribution < 1.29 is 9.18 Å². The highest BCUT2D eigenvalue weighted by Crippen LogP contribution is 2.07. The van der Waals surface area contributed by atoms with E-state index in [4.69, 9.17) is 0 Å². The minimum absolute atomic E-state index is 0.155. The third kappa shape index (κ3) is 3.90. The van der Waals surface area contributed by atoms with Crippen molar-refractivity contribution in [3.8, 4) is 5.69 Å². The second-order valence-electron chi connectivity index (χ2n) is 6.49. The van der Waals surface area contributed by atoms with E-state index in [9.17, 15) is 18.8 Å². The largest absolute Gasteiger partial charge is 0.352 e. The van der Waals surface area contributed by atoms with Crippen LogP contribution in [0.4, 0.5) is 4.39 Å². The Morgan fingerprint density at radius 2 is 1.71 bits per heavy atom. The zero-order valence-electron chi connectivity index (χ0n) is 15.4. The quantitative estimate of drug-likeness (QED) is 0.728. The average molecular weight is 382 g/mol. The van der Waals surface area contributed by atoms with Gasteiger partial charge in [-0.1, -0.05) is 36.4 Å². The fourth-order valence-electron chi connectivity index (χ4n) is 2.66. The zero-order chi connectivity index (χ0) is 20.3. The highest BCUT2D eigenvalue weighted by Gasteiger charge is 2.21. The van der Waals surface area contributed by atoms with Crippen molar-refractivity contribution in [3.05, 3.63) is 92.5 Å². The number of hydrogen-bond acceptors (Lipinski definition) is 4. The first-order chi connectivity index (χ1) is 13.4. The smallest absolute Gasteiger partial charge is 0.348 e. The number of halogens is 1. The summed E-state index contributed by atoms with van der Waals surface area (Å²) < 4.78 is 15.9. The number of amides is 1. The number of carbonyl (C=O) groups excluding carboxylic acids is 1. The summed E-state index contributed by atoms with van der Waals surface area (Å²) in [6, 6.07) is 14.0. The highest BCUT2D eigenvalue weighted by molar-refractivity contribution is 5.91. The van der Waals surface area contributed by atoms with Crippen molar-refractivity contribution in [2.75, 3.05) is 0 Å². The second-order valence-corrected chi connectivity index (χ2v) is 6.49. The van der Waals surface area contributed by atoms with Gasteiger partial charge >= 0.3 is 5.69 Å². The number of carbonyl (C=O) groups is 1. The molecule has 0 aliphatic heterocycles. The predicted molar refractivity (Wildman–Crippen MR) is 102 cm³/mol. The first-order valence-corrected chi connectivity index (χ1v) is 8.72. The molecule has 0 saturated heterocycles. The molecular formula is C20H19FN4O3. The van der Waals surface area contributed by atoms with E-state index >= 15 is 0 Å². The lowest BCUT2D eigenvalue weighted by Crippen LogP contribution is -2.46. The minimum atomic E-state index is -0.876. The molecule has 8 heteroatoms. The Morgan fingerprint density at radius 3 is 2.36 bits per heavy atom. The van der Waals surface area contributed by atoms with Crippen LogP contribution < -0.4 is 16.6 Å². The maximum Gasteiger partial charge on any atom is 0.352 e. The number of nitrogens with zero attached hydrogens (tertiary/aromatic N) is 3. The number of nitrogens with one attached hydrogen (secondary N) is 1. The van der Waals surface area contributed by atoms with Crippen LogP contribution in [0.3, 0.4) is 0 Å². The van der Waals surface area contributed by atoms with Crippen LogP contribution in [0.15, 0.2) is 64.2 Å². The van der Waals surface area contributed by atoms with E-state index in [2.05, 4.69) is 10.4 Å². The summed E-state index contributed by atoms with van der Waals surface area (Å²) in [6.07, 6.45) is 0. The predicted octanol–water partition coefficient (Wildman–Crippen LogP) is 1.72. The first-order valence-electron chi connectivity index (χ1n) is 8.72. The molecule has 0 unspecified atom stereocenters. The molecule has 0 bridgehead atoms. The van der Waals surface area contributed by atoms with Gasteiger partial charge in [-0.15, -0.1) is 0 Å². The van der Waals surface area contributed by atoms with Crippen molar-refractivity contribution in [3.63, 3.8) is 0 Å². The number of para-hydroxylation sites is 1. The van der Waals surface area contributed by atoms with Crippen LogP contribution in [0.2, 0.25) is 0 Å². The van der Waals surface area contributed by atoms with Crippen molar-refractivity contribution in [2.45, 2.75) is 26.4 Å². The molecule has 7 nitrogen and oxygen atoms in total. The highest BCUT2D eigenvalue weighted by atomic mass is 19.1. The number of aromatic nitrogens is 3. The monoisotopic (exact) mass is 382 g/mol. The maximum absolute atomic E-state index is 14.1. The Hall–Kier alpha value is -3.55. The summed E-state index contributed by atoms with van der Waals surface area (Å²) in [4.78, 5) is 38.2. The fraction of sp³-hybridized carbons (Fsp3) is 0.200. The number of benzene rings is 2. The SMILES string of the molecule is CC(C)NC(=O)c1nn(-c2ccccc2)c(=O)n(Cc2ccccc2F)c1=O. The van der Waals surface area contributed by atoms with Gasteiger partial charge in [0.25, 0.3) is 11.5 Å². The standard InChI is InChI=1S/C20H19FN4O3/c1-13(2)22-18(26)17-19(27)24(12-14-8-6-7-11-16(14)21)20(28)25(23-17)15-9-4-3-5-10-15/h3-11,13H,12H2,1-2H3,(H,22,26). The van der Waals surface area contributed by atoms with Gasteiger partial charge in [0.15, 0.2) is 0 Å². The molecule has 3 aromatic rings. The summed E-state index contributed by atoms with van der Waals surface area (Å²) >= 11 is 0. The zero-order valence-corrected chi connectivity index (χ0v) is 15.4. The van der Waals surface area contributed by atoms with Gasteiger partial charge in [-0.25, -0.2) is 9.18 Å². The van der Waals surface area contributed by atoms with Crippen LogP contribution in [0.25, 0.3) is 5.69 Å². The molecular weight excluding hydrogens is 363 g/mol. The van der Waals surface area contributed by atoms with Gasteiger partial charge in [-0.2, -0.15) is 9.78 Å². The summed E-state index contributed by atoms with van der Waals surface area (Å²) in [5.74, 6) is -1.25. The molecule has 0 spiro atoms. The lowest BCUT2D eigenvalue weighted by Gasteiger charge is -2.13. The molecule has 0 aliphatic carbocycles. The Balaban J connectivity index is 2.22. The first kappa shape index (κ1) is 19.2. The molecule has 144 valence electrons. The van der Waals surface area contributed by atoms with Crippen LogP contribution in [-0.2, 0) is 6.54 Å². The van der Waals surface area contributed by atoms with Crippen LogP contribution in [-0.4, -0.2) is 26.3 Å². The summed E-state index contributed by atoms with van der Waals surface area (Å²) in [5.41, 5.74) is -1.54. The Bertz CT molecular complexity index is 1120. The number of rotatable bonds is 5. The Kier molecular flexibility index (Phi) is 5.49. The van der Waals surface area contributed by atoms with Crippen LogP contribution in [0.5, 0.6) is 0 Å². The van der Waals surface area contributed by atoms with Gasteiger partial charge in [0.05, 0.1) is 12.2 Å². The lowest BCUT2D eigenvalue weighted by molar-refractivity contribution is 0.0933. The molecule has 28 heavy (non-hydrogen) atoms. The average Bonchev–Trinajstić information content (AvgIpc) is 2.66. The topological polar surface area (TPSA) is 86.0 Å². The molecule has 1 aromatic heterocycles. The molecule has 0 radical (unpaired) electrons. The van der Waals surface area contributed by atoms with Gasteiger partial charge in [-0.3, -0.25) is 14.2 Å². The van der Waals surface area contributed by atoms with Gasteiger partial charge in [0, 0.05) is 11.6 Å². The van der Waals surface area contributed by atoms with E-state index in [0.717, 1.165) is 9.25 Å². The summed E-state index contributed by atoms with van der Waals surface area (Å²) in [6.45, 7) is 3.16. The molecule has 0 atom stereocenters. The van der Waals surface area contributed by atoms with E-state index in [1.54, 1.807) is 50.2 Å². The van der Waals surface area contributed by atoms with Gasteiger partial charge in [0.1, 0.15) is 5.82 Å². The molecule has 1 heterocycles. The summed E-state index contributed by atoms with van der Waals surface area (Å²) in [7, 11) is 0. The molecule has 0 fully saturated rings. The van der Waals surface area contributed by atoms with Crippen LogP contribution in [0.1, 0.15) is 29.9 Å². The van der Waals surface area contributed by atoms with Gasteiger partial charge in [-0.05, 0) is 32.0 Å². The third-order valence-corrected chi connectivity index (χ3v) is 3.98. The van der Waals surface area contributed by atoms with Gasteiger partial charge in [0.2, 0.25) is 5.69 Å². The molecule has 2 aromatic carbocycles. The molecule has 0 saturated carbocycles. The molecule has 3 rings (SSSR count). The van der Waals surface area contributed by atoms with E-state index in [1.807, 2.05) is 0 Å². The van der Waals surface area contributed by atoms with Crippen molar-refractivity contribution in [1.82, 2.24) is 19.7 Å². The Labute approximate surface area is 160 Å².